The first kappa shape index (κ1) is 23.8. The van der Waals surface area contributed by atoms with Crippen LogP contribution >= 0.6 is 11.8 Å². The first-order valence-corrected chi connectivity index (χ1v) is 10.6. The highest BCUT2D eigenvalue weighted by Crippen LogP contribution is 2.07. The van der Waals surface area contributed by atoms with Crippen LogP contribution in [0.3, 0.4) is 0 Å². The lowest BCUT2D eigenvalue weighted by molar-refractivity contribution is -0.130. The van der Waals surface area contributed by atoms with E-state index in [4.69, 9.17) is 0 Å². The Morgan fingerprint density at radius 3 is 2.68 bits per heavy atom. The van der Waals surface area contributed by atoms with E-state index in [1.54, 1.807) is 19.9 Å². The fourth-order valence-electron chi connectivity index (χ4n) is 2.44. The smallest absolute Gasteiger partial charge is 0.315 e. The van der Waals surface area contributed by atoms with Crippen LogP contribution in [0.4, 0.5) is 4.79 Å². The summed E-state index contributed by atoms with van der Waals surface area (Å²) < 4.78 is 0. The molecule has 0 aromatic rings. The second-order valence-corrected chi connectivity index (χ2v) is 7.96. The molecule has 0 fully saturated rings. The summed E-state index contributed by atoms with van der Waals surface area (Å²) in [5.74, 6) is -0.134. The van der Waals surface area contributed by atoms with Gasteiger partial charge in [0.1, 0.15) is 12.1 Å². The second-order valence-electron chi connectivity index (χ2n) is 6.81. The van der Waals surface area contributed by atoms with Crippen molar-refractivity contribution in [2.24, 2.45) is 5.92 Å². The van der Waals surface area contributed by atoms with Crippen LogP contribution < -0.4 is 26.6 Å². The number of rotatable bonds is 5. The third kappa shape index (κ3) is 8.64. The van der Waals surface area contributed by atoms with Crippen LogP contribution in [0, 0.1) is 5.92 Å². The molecule has 0 radical (unpaired) electrons. The molecule has 158 valence electrons. The van der Waals surface area contributed by atoms with Crippen molar-refractivity contribution in [1.82, 2.24) is 26.6 Å². The van der Waals surface area contributed by atoms with Crippen molar-refractivity contribution in [2.45, 2.75) is 45.8 Å². The number of amides is 5. The topological polar surface area (TPSA) is 128 Å². The van der Waals surface area contributed by atoms with Crippen LogP contribution in [0.25, 0.3) is 0 Å². The number of hydrogen-bond donors (Lipinski definition) is 5. The highest BCUT2D eigenvalue weighted by Gasteiger charge is 2.29. The molecule has 0 saturated carbocycles. The molecule has 1 heterocycles. The Kier molecular flexibility index (Phi) is 10.4. The third-order valence-corrected chi connectivity index (χ3v) is 5.00. The van der Waals surface area contributed by atoms with Gasteiger partial charge in [0.05, 0.1) is 0 Å². The molecule has 0 aromatic heterocycles. The lowest BCUT2D eigenvalue weighted by Crippen LogP contribution is -2.58. The van der Waals surface area contributed by atoms with Gasteiger partial charge >= 0.3 is 6.03 Å². The molecule has 10 heteroatoms. The van der Waals surface area contributed by atoms with E-state index in [0.717, 1.165) is 0 Å². The molecular weight excluding hydrogens is 382 g/mol. The van der Waals surface area contributed by atoms with Gasteiger partial charge in [-0.05, 0) is 19.8 Å². The summed E-state index contributed by atoms with van der Waals surface area (Å²) in [5.41, 5.74) is 0. The number of hydrogen-bond acceptors (Lipinski definition) is 5. The zero-order valence-electron chi connectivity index (χ0n) is 16.8. The fourth-order valence-corrected chi connectivity index (χ4v) is 3.33. The van der Waals surface area contributed by atoms with Gasteiger partial charge < -0.3 is 26.6 Å². The van der Waals surface area contributed by atoms with E-state index < -0.39 is 24.0 Å². The van der Waals surface area contributed by atoms with E-state index in [1.807, 2.05) is 13.8 Å². The Bertz CT molecular complexity index is 597. The number of carbonyl (C=O) groups excluding carboxylic acids is 4. The molecular formula is C18H31N5O4S. The van der Waals surface area contributed by atoms with Crippen molar-refractivity contribution in [1.29, 1.82) is 0 Å². The van der Waals surface area contributed by atoms with E-state index in [2.05, 4.69) is 26.6 Å². The summed E-state index contributed by atoms with van der Waals surface area (Å²) in [6.07, 6.45) is 2.98. The molecule has 0 bridgehead atoms. The maximum absolute atomic E-state index is 12.7. The minimum Gasteiger partial charge on any atom is -0.352 e. The molecule has 5 amide bonds. The molecule has 0 saturated heterocycles. The summed E-state index contributed by atoms with van der Waals surface area (Å²) in [6.45, 7) is 8.09. The average Bonchev–Trinajstić information content (AvgIpc) is 2.62. The Hall–Kier alpha value is -2.23. The summed E-state index contributed by atoms with van der Waals surface area (Å²) in [4.78, 5) is 48.7. The molecule has 0 aromatic carbocycles. The fraction of sp³-hybridized carbons (Fsp3) is 0.667. The van der Waals surface area contributed by atoms with Gasteiger partial charge in [-0.2, -0.15) is 11.8 Å². The Balaban J connectivity index is 2.83. The van der Waals surface area contributed by atoms with Crippen molar-refractivity contribution in [3.05, 3.63) is 12.2 Å². The minimum absolute atomic E-state index is 0.151. The van der Waals surface area contributed by atoms with Crippen molar-refractivity contribution in [3.8, 4) is 0 Å². The van der Waals surface area contributed by atoms with Crippen molar-refractivity contribution in [2.75, 3.05) is 24.6 Å². The van der Waals surface area contributed by atoms with Gasteiger partial charge in [0.15, 0.2) is 0 Å². The summed E-state index contributed by atoms with van der Waals surface area (Å²) >= 11 is 1.45. The molecule has 0 aliphatic carbocycles. The maximum atomic E-state index is 12.7. The zero-order chi connectivity index (χ0) is 21.1. The van der Waals surface area contributed by atoms with Crippen LogP contribution in [0.15, 0.2) is 12.2 Å². The van der Waals surface area contributed by atoms with Crippen LogP contribution in [0.1, 0.15) is 27.7 Å². The molecule has 0 unspecified atom stereocenters. The molecule has 1 aliphatic heterocycles. The molecule has 3 atom stereocenters. The predicted octanol–water partition coefficient (Wildman–Crippen LogP) is -0.261. The SMILES string of the molecule is CCNC(=O)N[C@H](C(=O)N[C@H]1CSCCNC(=O)/C=C/[C@H](C)NC1=O)C(C)C. The summed E-state index contributed by atoms with van der Waals surface area (Å²) in [6, 6.07) is -2.30. The molecule has 0 spiro atoms. The molecule has 5 N–H and O–H groups in total. The van der Waals surface area contributed by atoms with Gasteiger partial charge in [0.25, 0.3) is 0 Å². The quantitative estimate of drug-likeness (QED) is 0.424. The first-order chi connectivity index (χ1) is 13.2. The van der Waals surface area contributed by atoms with Crippen LogP contribution in [0.2, 0.25) is 0 Å². The van der Waals surface area contributed by atoms with E-state index in [-0.39, 0.29) is 23.8 Å². The van der Waals surface area contributed by atoms with Crippen molar-refractivity contribution < 1.29 is 19.2 Å². The predicted molar refractivity (Wildman–Crippen MR) is 110 cm³/mol. The zero-order valence-corrected chi connectivity index (χ0v) is 17.7. The van der Waals surface area contributed by atoms with E-state index in [1.165, 1.54) is 17.8 Å². The highest BCUT2D eigenvalue weighted by atomic mass is 32.2. The standard InChI is InChI=1S/C18H31N5O4S/c1-5-19-18(27)23-15(11(2)3)17(26)22-13-10-28-9-8-20-14(24)7-6-12(4)21-16(13)25/h6-7,11-13,15H,5,8-10H2,1-4H3,(H,20,24)(H,21,25)(H,22,26)(H2,19,23,27)/b7-6+/t12-,13-,15-/m0/s1. The number of thioether (sulfide) groups is 1. The van der Waals surface area contributed by atoms with Crippen LogP contribution in [0.5, 0.6) is 0 Å². The summed E-state index contributed by atoms with van der Waals surface area (Å²) in [5, 5.41) is 13.5. The third-order valence-electron chi connectivity index (χ3n) is 3.94. The summed E-state index contributed by atoms with van der Waals surface area (Å²) in [7, 11) is 0. The Morgan fingerprint density at radius 2 is 2.04 bits per heavy atom. The van der Waals surface area contributed by atoms with Gasteiger partial charge in [0, 0.05) is 36.7 Å². The lowest BCUT2D eigenvalue weighted by Gasteiger charge is -2.26. The number of urea groups is 1. The van der Waals surface area contributed by atoms with Crippen molar-refractivity contribution >= 4 is 35.5 Å². The van der Waals surface area contributed by atoms with Gasteiger partial charge in [-0.1, -0.05) is 19.9 Å². The molecule has 1 aliphatic rings. The van der Waals surface area contributed by atoms with Crippen LogP contribution in [-0.4, -0.2) is 66.5 Å². The normalized spacial score (nSPS) is 23.3. The van der Waals surface area contributed by atoms with E-state index in [0.29, 0.717) is 24.6 Å². The van der Waals surface area contributed by atoms with Gasteiger partial charge in [0.2, 0.25) is 17.7 Å². The van der Waals surface area contributed by atoms with Gasteiger partial charge in [-0.3, -0.25) is 14.4 Å². The Labute approximate surface area is 170 Å². The lowest BCUT2D eigenvalue weighted by atomic mass is 10.0. The van der Waals surface area contributed by atoms with Gasteiger partial charge in [-0.25, -0.2) is 4.79 Å². The van der Waals surface area contributed by atoms with E-state index >= 15 is 0 Å². The second kappa shape index (κ2) is 12.3. The largest absolute Gasteiger partial charge is 0.352 e. The van der Waals surface area contributed by atoms with E-state index in [9.17, 15) is 19.2 Å². The molecule has 28 heavy (non-hydrogen) atoms. The van der Waals surface area contributed by atoms with Crippen molar-refractivity contribution in [3.63, 3.8) is 0 Å². The highest BCUT2D eigenvalue weighted by molar-refractivity contribution is 7.99. The number of nitrogens with one attached hydrogen (secondary N) is 5. The maximum Gasteiger partial charge on any atom is 0.315 e. The molecule has 1 rings (SSSR count). The average molecular weight is 414 g/mol. The monoisotopic (exact) mass is 413 g/mol. The van der Waals surface area contributed by atoms with Crippen LogP contribution in [-0.2, 0) is 14.4 Å². The first-order valence-electron chi connectivity index (χ1n) is 9.43. The Morgan fingerprint density at radius 1 is 1.32 bits per heavy atom. The number of carbonyl (C=O) groups is 4. The van der Waals surface area contributed by atoms with Gasteiger partial charge in [-0.15, -0.1) is 0 Å². The molecule has 9 nitrogen and oxygen atoms in total. The minimum atomic E-state index is -0.762.